The molecule has 1 aliphatic heterocycles. The van der Waals surface area contributed by atoms with E-state index in [1.54, 1.807) is 15.6 Å². The molecule has 3 heterocycles. The maximum absolute atomic E-state index is 12.3. The van der Waals surface area contributed by atoms with Crippen LogP contribution in [0.15, 0.2) is 18.3 Å². The second-order valence-corrected chi connectivity index (χ2v) is 7.26. The number of hydrogen-bond acceptors (Lipinski definition) is 4. The molecule has 0 spiro atoms. The number of halogens is 1. The molecule has 0 saturated carbocycles. The number of amides is 1. The molecule has 1 atom stereocenters. The van der Waals surface area contributed by atoms with Crippen LogP contribution in [0.3, 0.4) is 0 Å². The van der Waals surface area contributed by atoms with Gasteiger partial charge in [-0.3, -0.25) is 0 Å². The number of aromatic nitrogens is 3. The number of carbonyl (C=O) groups is 1. The summed E-state index contributed by atoms with van der Waals surface area (Å²) >= 11 is 6.26. The van der Waals surface area contributed by atoms with Crippen molar-refractivity contribution in [2.75, 3.05) is 13.1 Å². The van der Waals surface area contributed by atoms with E-state index >= 15 is 0 Å². The van der Waals surface area contributed by atoms with Crippen molar-refractivity contribution in [2.45, 2.75) is 59.0 Å². The lowest BCUT2D eigenvalue weighted by Gasteiger charge is -2.34. The molecule has 25 heavy (non-hydrogen) atoms. The zero-order valence-corrected chi connectivity index (χ0v) is 16.4. The molecule has 1 saturated heterocycles. The number of hydrogen-bond donors (Lipinski definition) is 0. The van der Waals surface area contributed by atoms with Crippen LogP contribution >= 0.6 is 11.6 Å². The maximum Gasteiger partial charge on any atom is 0.410 e. The van der Waals surface area contributed by atoms with Gasteiger partial charge in [0.1, 0.15) is 10.8 Å². The Balaban J connectivity index is 0.00000109. The highest BCUT2D eigenvalue weighted by atomic mass is 35.5. The fourth-order valence-electron chi connectivity index (χ4n) is 2.81. The normalized spacial score (nSPS) is 17.8. The predicted octanol–water partition coefficient (Wildman–Crippen LogP) is 4.52. The van der Waals surface area contributed by atoms with E-state index in [2.05, 4.69) is 10.1 Å². The van der Waals surface area contributed by atoms with Crippen molar-refractivity contribution in [3.63, 3.8) is 0 Å². The van der Waals surface area contributed by atoms with Gasteiger partial charge in [0, 0.05) is 25.1 Å². The summed E-state index contributed by atoms with van der Waals surface area (Å²) in [5, 5.41) is 4.66. The van der Waals surface area contributed by atoms with Crippen molar-refractivity contribution in [1.82, 2.24) is 19.5 Å². The lowest BCUT2D eigenvalue weighted by atomic mass is 9.95. The molecular formula is C18H27ClN4O2. The SMILES string of the molecule is CC.CC(C)(C)OC(=O)N1CCCC(c2cc(Cl)n3nccc3n2)C1. The fraction of sp³-hybridized carbons (Fsp3) is 0.611. The molecule has 1 aliphatic rings. The van der Waals surface area contributed by atoms with Gasteiger partial charge in [-0.05, 0) is 39.7 Å². The van der Waals surface area contributed by atoms with Crippen LogP contribution in [0.4, 0.5) is 4.79 Å². The molecule has 2 aromatic rings. The first-order valence-electron chi connectivity index (χ1n) is 8.81. The summed E-state index contributed by atoms with van der Waals surface area (Å²) < 4.78 is 7.07. The van der Waals surface area contributed by atoms with Gasteiger partial charge in [0.05, 0.1) is 11.9 Å². The van der Waals surface area contributed by atoms with E-state index < -0.39 is 5.60 Å². The Hall–Kier alpha value is -1.82. The zero-order chi connectivity index (χ0) is 18.6. The Morgan fingerprint density at radius 3 is 2.76 bits per heavy atom. The Bertz CT molecular complexity index is 723. The van der Waals surface area contributed by atoms with Crippen LogP contribution in [-0.2, 0) is 4.74 Å². The maximum atomic E-state index is 12.3. The Kier molecular flexibility index (Phi) is 6.27. The molecule has 1 unspecified atom stereocenters. The first kappa shape index (κ1) is 19.5. The van der Waals surface area contributed by atoms with E-state index in [1.165, 1.54) is 0 Å². The highest BCUT2D eigenvalue weighted by molar-refractivity contribution is 6.29. The summed E-state index contributed by atoms with van der Waals surface area (Å²) in [7, 11) is 0. The van der Waals surface area contributed by atoms with Gasteiger partial charge in [0.15, 0.2) is 5.65 Å². The number of rotatable bonds is 1. The van der Waals surface area contributed by atoms with E-state index in [1.807, 2.05) is 46.8 Å². The van der Waals surface area contributed by atoms with Gasteiger partial charge in [0.25, 0.3) is 0 Å². The number of nitrogens with zero attached hydrogens (tertiary/aromatic N) is 4. The highest BCUT2D eigenvalue weighted by Gasteiger charge is 2.29. The Morgan fingerprint density at radius 1 is 1.36 bits per heavy atom. The van der Waals surface area contributed by atoms with Crippen LogP contribution in [0.25, 0.3) is 5.65 Å². The quantitative estimate of drug-likeness (QED) is 0.696. The van der Waals surface area contributed by atoms with E-state index in [9.17, 15) is 4.79 Å². The number of likely N-dealkylation sites (tertiary alicyclic amines) is 1. The third kappa shape index (κ3) is 4.84. The lowest BCUT2D eigenvalue weighted by Crippen LogP contribution is -2.42. The molecule has 3 rings (SSSR count). The van der Waals surface area contributed by atoms with Gasteiger partial charge in [-0.2, -0.15) is 5.10 Å². The molecule has 138 valence electrons. The Labute approximate surface area is 154 Å². The van der Waals surface area contributed by atoms with Crippen molar-refractivity contribution >= 4 is 23.3 Å². The van der Waals surface area contributed by atoms with E-state index in [4.69, 9.17) is 16.3 Å². The summed E-state index contributed by atoms with van der Waals surface area (Å²) in [6, 6.07) is 3.66. The van der Waals surface area contributed by atoms with Gasteiger partial charge in [-0.15, -0.1) is 0 Å². The average molecular weight is 367 g/mol. The van der Waals surface area contributed by atoms with Crippen molar-refractivity contribution in [2.24, 2.45) is 0 Å². The summed E-state index contributed by atoms with van der Waals surface area (Å²) in [6.45, 7) is 10.9. The van der Waals surface area contributed by atoms with Gasteiger partial charge in [-0.1, -0.05) is 25.4 Å². The highest BCUT2D eigenvalue weighted by Crippen LogP contribution is 2.28. The molecule has 0 bridgehead atoms. The van der Waals surface area contributed by atoms with Crippen molar-refractivity contribution in [1.29, 1.82) is 0 Å². The molecule has 1 fully saturated rings. The second kappa shape index (κ2) is 8.04. The molecule has 2 aromatic heterocycles. The minimum absolute atomic E-state index is 0.161. The molecule has 1 amide bonds. The molecule has 0 radical (unpaired) electrons. The molecule has 7 heteroatoms. The fourth-order valence-corrected chi connectivity index (χ4v) is 3.06. The molecule has 0 N–H and O–H groups in total. The van der Waals surface area contributed by atoms with E-state index in [0.717, 1.165) is 24.2 Å². The van der Waals surface area contributed by atoms with Crippen LogP contribution in [0.2, 0.25) is 5.15 Å². The molecule has 0 aliphatic carbocycles. The van der Waals surface area contributed by atoms with Crippen molar-refractivity contribution in [3.05, 3.63) is 29.2 Å². The number of fused-ring (bicyclic) bond motifs is 1. The Morgan fingerprint density at radius 2 is 2.08 bits per heavy atom. The lowest BCUT2D eigenvalue weighted by molar-refractivity contribution is 0.0197. The first-order valence-corrected chi connectivity index (χ1v) is 9.19. The molecular weight excluding hydrogens is 340 g/mol. The summed E-state index contributed by atoms with van der Waals surface area (Å²) in [5.74, 6) is 0.161. The average Bonchev–Trinajstić information content (AvgIpc) is 3.04. The van der Waals surface area contributed by atoms with Crippen molar-refractivity contribution in [3.8, 4) is 0 Å². The van der Waals surface area contributed by atoms with Gasteiger partial charge < -0.3 is 9.64 Å². The van der Waals surface area contributed by atoms with E-state index in [0.29, 0.717) is 18.2 Å². The minimum atomic E-state index is -0.484. The summed E-state index contributed by atoms with van der Waals surface area (Å²) in [4.78, 5) is 18.7. The standard InChI is InChI=1S/C16H21ClN4O2.C2H6/c1-16(2,3)23-15(22)20-8-4-5-11(10-20)12-9-13(17)21-14(19-12)6-7-18-21;1-2/h6-7,9,11H,4-5,8,10H2,1-3H3;1-2H3. The second-order valence-electron chi connectivity index (χ2n) is 6.87. The van der Waals surface area contributed by atoms with Gasteiger partial charge in [-0.25, -0.2) is 14.3 Å². The monoisotopic (exact) mass is 366 g/mol. The zero-order valence-electron chi connectivity index (χ0n) is 15.6. The van der Waals surface area contributed by atoms with Gasteiger partial charge in [0.2, 0.25) is 0 Å². The van der Waals surface area contributed by atoms with Crippen LogP contribution < -0.4 is 0 Å². The number of ether oxygens (including phenoxy) is 1. The molecule has 6 nitrogen and oxygen atoms in total. The predicted molar refractivity (Wildman–Crippen MR) is 99.1 cm³/mol. The largest absolute Gasteiger partial charge is 0.444 e. The number of piperidine rings is 1. The number of carbonyl (C=O) groups excluding carboxylic acids is 1. The van der Waals surface area contributed by atoms with Crippen LogP contribution in [0.5, 0.6) is 0 Å². The summed E-state index contributed by atoms with van der Waals surface area (Å²) in [6.07, 6.45) is 3.31. The van der Waals surface area contributed by atoms with Crippen LogP contribution in [-0.4, -0.2) is 44.3 Å². The van der Waals surface area contributed by atoms with Crippen molar-refractivity contribution < 1.29 is 9.53 Å². The smallest absolute Gasteiger partial charge is 0.410 e. The van der Waals surface area contributed by atoms with E-state index in [-0.39, 0.29) is 12.0 Å². The minimum Gasteiger partial charge on any atom is -0.444 e. The van der Waals surface area contributed by atoms with Crippen LogP contribution in [0.1, 0.15) is 59.1 Å². The third-order valence-corrected chi connectivity index (χ3v) is 4.10. The van der Waals surface area contributed by atoms with Crippen LogP contribution in [0, 0.1) is 0 Å². The third-order valence-electron chi connectivity index (χ3n) is 3.83. The molecule has 0 aromatic carbocycles. The first-order chi connectivity index (χ1) is 11.8. The summed E-state index contributed by atoms with van der Waals surface area (Å²) in [5.41, 5.74) is 1.14. The van der Waals surface area contributed by atoms with Gasteiger partial charge >= 0.3 is 6.09 Å². The topological polar surface area (TPSA) is 59.7 Å².